The number of nitrogens with one attached hydrogen (secondary N) is 1. The zero-order valence-electron chi connectivity index (χ0n) is 11.8. The van der Waals surface area contributed by atoms with Crippen molar-refractivity contribution in [3.05, 3.63) is 58.7 Å². The molecule has 3 nitrogen and oxygen atoms in total. The molecule has 100 valence electrons. The Balaban J connectivity index is 2.10. The quantitative estimate of drug-likeness (QED) is 0.838. The van der Waals surface area contributed by atoms with Gasteiger partial charge in [0, 0.05) is 5.56 Å². The molecular formula is C17H16N2O. The third-order valence-corrected chi connectivity index (χ3v) is 3.62. The molecule has 1 aliphatic rings. The number of benzene rings is 2. The lowest BCUT2D eigenvalue weighted by Gasteiger charge is -2.02. The second-order valence-corrected chi connectivity index (χ2v) is 5.23. The van der Waals surface area contributed by atoms with Crippen LogP contribution >= 0.6 is 0 Å². The number of aliphatic imine (C=N–C) groups is 1. The Morgan fingerprint density at radius 2 is 1.75 bits per heavy atom. The largest absolute Gasteiger partial charge is 0.320 e. The molecule has 0 spiro atoms. The van der Waals surface area contributed by atoms with Gasteiger partial charge in [-0.2, -0.15) is 0 Å². The van der Waals surface area contributed by atoms with Crippen LogP contribution in [0.2, 0.25) is 0 Å². The SMILES string of the molecule is Cc1ccc2c(c1)C(=Nc1ccc(C)c(C)c1)C(=O)N2. The van der Waals surface area contributed by atoms with Crippen molar-refractivity contribution in [1.29, 1.82) is 0 Å². The van der Waals surface area contributed by atoms with Crippen molar-refractivity contribution in [2.75, 3.05) is 5.32 Å². The molecule has 0 aromatic heterocycles. The van der Waals surface area contributed by atoms with E-state index in [0.29, 0.717) is 5.71 Å². The summed E-state index contributed by atoms with van der Waals surface area (Å²) < 4.78 is 0. The van der Waals surface area contributed by atoms with Gasteiger partial charge < -0.3 is 5.32 Å². The Bertz CT molecular complexity index is 745. The molecule has 0 unspecified atom stereocenters. The minimum Gasteiger partial charge on any atom is -0.320 e. The molecule has 2 aromatic carbocycles. The number of carbonyl (C=O) groups excluding carboxylic acids is 1. The monoisotopic (exact) mass is 264 g/mol. The summed E-state index contributed by atoms with van der Waals surface area (Å²) in [4.78, 5) is 16.6. The summed E-state index contributed by atoms with van der Waals surface area (Å²) in [5, 5.41) is 2.85. The molecule has 0 fully saturated rings. The summed E-state index contributed by atoms with van der Waals surface area (Å²) in [6.07, 6.45) is 0. The maximum Gasteiger partial charge on any atom is 0.275 e. The summed E-state index contributed by atoms with van der Waals surface area (Å²) >= 11 is 0. The highest BCUT2D eigenvalue weighted by Crippen LogP contribution is 2.27. The molecule has 3 heteroatoms. The first-order chi connectivity index (χ1) is 9.54. The first kappa shape index (κ1) is 12.6. The number of fused-ring (bicyclic) bond motifs is 1. The van der Waals surface area contributed by atoms with Gasteiger partial charge in [0.15, 0.2) is 0 Å². The van der Waals surface area contributed by atoms with E-state index in [1.54, 1.807) is 0 Å². The van der Waals surface area contributed by atoms with Gasteiger partial charge in [-0.25, -0.2) is 4.99 Å². The van der Waals surface area contributed by atoms with Crippen molar-refractivity contribution in [3.63, 3.8) is 0 Å². The fourth-order valence-electron chi connectivity index (χ4n) is 2.30. The lowest BCUT2D eigenvalue weighted by Crippen LogP contribution is -2.13. The van der Waals surface area contributed by atoms with Crippen LogP contribution in [0.1, 0.15) is 22.3 Å². The third kappa shape index (κ3) is 2.11. The van der Waals surface area contributed by atoms with Gasteiger partial charge in [-0.05, 0) is 56.2 Å². The van der Waals surface area contributed by atoms with Crippen molar-refractivity contribution in [1.82, 2.24) is 0 Å². The van der Waals surface area contributed by atoms with E-state index in [1.165, 1.54) is 11.1 Å². The first-order valence-electron chi connectivity index (χ1n) is 6.63. The normalized spacial score (nSPS) is 15.3. The second-order valence-electron chi connectivity index (χ2n) is 5.23. The molecule has 0 saturated carbocycles. The van der Waals surface area contributed by atoms with Crippen LogP contribution in [0.4, 0.5) is 11.4 Å². The lowest BCUT2D eigenvalue weighted by molar-refractivity contribution is -0.110. The van der Waals surface area contributed by atoms with Crippen LogP contribution in [0.5, 0.6) is 0 Å². The van der Waals surface area contributed by atoms with Gasteiger partial charge in [-0.3, -0.25) is 4.79 Å². The van der Waals surface area contributed by atoms with Gasteiger partial charge in [-0.1, -0.05) is 17.7 Å². The topological polar surface area (TPSA) is 41.5 Å². The molecule has 2 aromatic rings. The smallest absolute Gasteiger partial charge is 0.275 e. The maximum absolute atomic E-state index is 12.1. The van der Waals surface area contributed by atoms with Gasteiger partial charge >= 0.3 is 0 Å². The molecule has 20 heavy (non-hydrogen) atoms. The standard InChI is InChI=1S/C17H16N2O/c1-10-4-7-15-14(8-10)16(17(20)19-15)18-13-6-5-11(2)12(3)9-13/h4-9H,1-3H3,(H,18,19,20). The van der Waals surface area contributed by atoms with E-state index in [2.05, 4.69) is 17.2 Å². The van der Waals surface area contributed by atoms with Crippen LogP contribution in [-0.4, -0.2) is 11.6 Å². The summed E-state index contributed by atoms with van der Waals surface area (Å²) in [7, 11) is 0. The Hall–Kier alpha value is -2.42. The molecule has 0 aliphatic carbocycles. The van der Waals surface area contributed by atoms with E-state index in [1.807, 2.05) is 50.2 Å². The fourth-order valence-corrected chi connectivity index (χ4v) is 2.30. The number of hydrogen-bond donors (Lipinski definition) is 1. The van der Waals surface area contributed by atoms with Gasteiger partial charge in [-0.15, -0.1) is 0 Å². The van der Waals surface area contributed by atoms with E-state index < -0.39 is 0 Å². The Kier molecular flexibility index (Phi) is 2.90. The summed E-state index contributed by atoms with van der Waals surface area (Å²) in [6, 6.07) is 11.9. The molecule has 1 heterocycles. The second kappa shape index (κ2) is 4.60. The number of amides is 1. The van der Waals surface area contributed by atoms with Crippen LogP contribution in [0.3, 0.4) is 0 Å². The van der Waals surface area contributed by atoms with Crippen molar-refractivity contribution in [2.24, 2.45) is 4.99 Å². The molecular weight excluding hydrogens is 248 g/mol. The van der Waals surface area contributed by atoms with Gasteiger partial charge in [0.25, 0.3) is 5.91 Å². The van der Waals surface area contributed by atoms with Gasteiger partial charge in [0.05, 0.1) is 11.4 Å². The molecule has 0 radical (unpaired) electrons. The number of nitrogens with zero attached hydrogens (tertiary/aromatic N) is 1. The van der Waals surface area contributed by atoms with Crippen molar-refractivity contribution in [2.45, 2.75) is 20.8 Å². The maximum atomic E-state index is 12.1. The summed E-state index contributed by atoms with van der Waals surface area (Å²) in [5.74, 6) is -0.135. The van der Waals surface area contributed by atoms with Crippen LogP contribution in [0.25, 0.3) is 0 Å². The number of rotatable bonds is 1. The van der Waals surface area contributed by atoms with E-state index in [-0.39, 0.29) is 5.91 Å². The number of anilines is 1. The van der Waals surface area contributed by atoms with Gasteiger partial charge in [0.2, 0.25) is 0 Å². The minimum atomic E-state index is -0.135. The zero-order chi connectivity index (χ0) is 14.3. The fraction of sp³-hybridized carbons (Fsp3) is 0.176. The average molecular weight is 264 g/mol. The third-order valence-electron chi connectivity index (χ3n) is 3.62. The van der Waals surface area contributed by atoms with Crippen LogP contribution in [0, 0.1) is 20.8 Å². The molecule has 3 rings (SSSR count). The number of aryl methyl sites for hydroxylation is 3. The zero-order valence-corrected chi connectivity index (χ0v) is 11.8. The average Bonchev–Trinajstić information content (AvgIpc) is 2.70. The van der Waals surface area contributed by atoms with Crippen LogP contribution in [-0.2, 0) is 4.79 Å². The predicted octanol–water partition coefficient (Wildman–Crippen LogP) is 3.68. The Labute approximate surface area is 118 Å². The number of carbonyl (C=O) groups is 1. The summed E-state index contributed by atoms with van der Waals surface area (Å²) in [5.41, 5.74) is 6.54. The highest BCUT2D eigenvalue weighted by molar-refractivity contribution is 6.54. The van der Waals surface area contributed by atoms with Crippen molar-refractivity contribution < 1.29 is 4.79 Å². The van der Waals surface area contributed by atoms with E-state index >= 15 is 0 Å². The van der Waals surface area contributed by atoms with Crippen molar-refractivity contribution >= 4 is 23.0 Å². The van der Waals surface area contributed by atoms with E-state index in [4.69, 9.17) is 0 Å². The highest BCUT2D eigenvalue weighted by Gasteiger charge is 2.25. The minimum absolute atomic E-state index is 0.135. The molecule has 1 N–H and O–H groups in total. The van der Waals surface area contributed by atoms with Crippen LogP contribution in [0.15, 0.2) is 41.4 Å². The van der Waals surface area contributed by atoms with E-state index in [9.17, 15) is 4.79 Å². The van der Waals surface area contributed by atoms with E-state index in [0.717, 1.165) is 22.5 Å². The van der Waals surface area contributed by atoms with Crippen molar-refractivity contribution in [3.8, 4) is 0 Å². The number of hydrogen-bond acceptors (Lipinski definition) is 2. The molecule has 0 bridgehead atoms. The molecule has 0 atom stereocenters. The lowest BCUT2D eigenvalue weighted by atomic mass is 10.1. The molecule has 0 saturated heterocycles. The predicted molar refractivity (Wildman–Crippen MR) is 81.9 cm³/mol. The highest BCUT2D eigenvalue weighted by atomic mass is 16.2. The first-order valence-corrected chi connectivity index (χ1v) is 6.63. The molecule has 1 amide bonds. The molecule has 1 aliphatic heterocycles. The van der Waals surface area contributed by atoms with Gasteiger partial charge in [0.1, 0.15) is 5.71 Å². The Morgan fingerprint density at radius 1 is 0.950 bits per heavy atom. The van der Waals surface area contributed by atoms with Crippen LogP contribution < -0.4 is 5.32 Å². The Morgan fingerprint density at radius 3 is 2.50 bits per heavy atom. The summed E-state index contributed by atoms with van der Waals surface area (Å²) in [6.45, 7) is 6.12.